The first-order valence-corrected chi connectivity index (χ1v) is 13.9. The molecule has 0 atom stereocenters. The van der Waals surface area contributed by atoms with E-state index >= 15 is 0 Å². The Balaban J connectivity index is 1.37. The smallest absolute Gasteiger partial charge is 0.264 e. The molecule has 0 aliphatic heterocycles. The van der Waals surface area contributed by atoms with Gasteiger partial charge < -0.3 is 10.2 Å². The zero-order chi connectivity index (χ0) is 26.6. The lowest BCUT2D eigenvalue weighted by Crippen LogP contribution is -2.36. The fraction of sp³-hybridized carbons (Fsp3) is 0.346. The fourth-order valence-electron chi connectivity index (χ4n) is 4.29. The first kappa shape index (κ1) is 27.0. The van der Waals surface area contributed by atoms with Crippen LogP contribution < -0.4 is 10.0 Å². The molecule has 3 aromatic rings. The van der Waals surface area contributed by atoms with Crippen LogP contribution in [0.3, 0.4) is 0 Å². The summed E-state index contributed by atoms with van der Waals surface area (Å²) in [4.78, 5) is 15.2. The van der Waals surface area contributed by atoms with Crippen molar-refractivity contribution >= 4 is 45.5 Å². The van der Waals surface area contributed by atoms with E-state index in [0.29, 0.717) is 23.7 Å². The zero-order valence-electron chi connectivity index (χ0n) is 20.9. The van der Waals surface area contributed by atoms with Gasteiger partial charge in [-0.1, -0.05) is 29.8 Å². The van der Waals surface area contributed by atoms with Crippen LogP contribution >= 0.6 is 11.6 Å². The number of hydrogen-bond acceptors (Lipinski definition) is 7. The number of sulfonamides is 1. The highest BCUT2D eigenvalue weighted by atomic mass is 35.5. The third-order valence-corrected chi connectivity index (χ3v) is 8.35. The molecule has 0 saturated heterocycles. The Kier molecular flexibility index (Phi) is 8.41. The summed E-state index contributed by atoms with van der Waals surface area (Å²) in [6.45, 7) is 1.77. The fourth-order valence-corrected chi connectivity index (χ4v) is 5.81. The molecule has 1 saturated carbocycles. The van der Waals surface area contributed by atoms with Gasteiger partial charge in [0.1, 0.15) is 16.5 Å². The number of nitrogens with one attached hydrogen (secondary N) is 2. The lowest BCUT2D eigenvalue weighted by atomic mass is 9.91. The predicted molar refractivity (Wildman–Crippen MR) is 146 cm³/mol. The lowest BCUT2D eigenvalue weighted by Gasteiger charge is -2.32. The van der Waals surface area contributed by atoms with Crippen molar-refractivity contribution < 1.29 is 12.8 Å². The number of aryl methyl sites for hydroxylation is 1. The molecule has 0 unspecified atom stereocenters. The molecule has 0 bridgehead atoms. The van der Waals surface area contributed by atoms with Crippen molar-refractivity contribution in [2.45, 2.75) is 49.6 Å². The highest BCUT2D eigenvalue weighted by Gasteiger charge is 2.23. The summed E-state index contributed by atoms with van der Waals surface area (Å²) in [7, 11) is 0.163. The van der Waals surface area contributed by atoms with Crippen LogP contribution in [0.5, 0.6) is 0 Å². The summed E-state index contributed by atoms with van der Waals surface area (Å²) in [6, 6.07) is 7.92. The highest BCUT2D eigenvalue weighted by Crippen LogP contribution is 2.26. The van der Waals surface area contributed by atoms with Crippen LogP contribution in [0.1, 0.15) is 42.5 Å². The summed E-state index contributed by atoms with van der Waals surface area (Å²) in [6.07, 6.45) is 11.8. The van der Waals surface area contributed by atoms with Gasteiger partial charge in [-0.15, -0.1) is 0 Å². The first-order chi connectivity index (χ1) is 17.6. The predicted octanol–water partition coefficient (Wildman–Crippen LogP) is 5.23. The van der Waals surface area contributed by atoms with Crippen LogP contribution in [-0.2, 0) is 10.0 Å². The van der Waals surface area contributed by atoms with E-state index < -0.39 is 20.9 Å². The molecule has 1 aliphatic rings. The third kappa shape index (κ3) is 6.82. The topological polar surface area (TPSA) is 100 Å². The molecule has 1 fully saturated rings. The van der Waals surface area contributed by atoms with Crippen molar-refractivity contribution in [1.82, 2.24) is 19.9 Å². The Bertz CT molecular complexity index is 1370. The van der Waals surface area contributed by atoms with Gasteiger partial charge in [0.05, 0.1) is 5.02 Å². The van der Waals surface area contributed by atoms with Crippen molar-refractivity contribution in [2.75, 3.05) is 24.1 Å². The van der Waals surface area contributed by atoms with Gasteiger partial charge in [0, 0.05) is 35.7 Å². The third-order valence-electron chi connectivity index (χ3n) is 6.46. The van der Waals surface area contributed by atoms with Gasteiger partial charge >= 0.3 is 0 Å². The molecule has 2 N–H and O–H groups in total. The number of pyridine rings is 1. The molecule has 1 aromatic carbocycles. The van der Waals surface area contributed by atoms with E-state index in [-0.39, 0.29) is 10.7 Å². The van der Waals surface area contributed by atoms with E-state index in [2.05, 4.69) is 44.0 Å². The summed E-state index contributed by atoms with van der Waals surface area (Å²) < 4.78 is 41.3. The van der Waals surface area contributed by atoms with Crippen LogP contribution in [-0.4, -0.2) is 54.4 Å². The maximum Gasteiger partial charge on any atom is 0.264 e. The number of rotatable bonds is 8. The normalized spacial score (nSPS) is 18.3. The first-order valence-electron chi connectivity index (χ1n) is 12.0. The monoisotopic (exact) mass is 544 g/mol. The second kappa shape index (κ2) is 11.5. The van der Waals surface area contributed by atoms with Gasteiger partial charge in [-0.2, -0.15) is 0 Å². The van der Waals surface area contributed by atoms with Gasteiger partial charge in [-0.05, 0) is 76.5 Å². The van der Waals surface area contributed by atoms with Crippen molar-refractivity contribution in [2.24, 2.45) is 0 Å². The number of nitrogens with zero attached hydrogens (tertiary/aromatic N) is 4. The maximum absolute atomic E-state index is 13.7. The molecule has 2 aromatic heterocycles. The Morgan fingerprint density at radius 1 is 1.05 bits per heavy atom. The molecule has 0 amide bonds. The highest BCUT2D eigenvalue weighted by molar-refractivity contribution is 7.92. The van der Waals surface area contributed by atoms with Crippen LogP contribution in [0.4, 0.5) is 16.2 Å². The molecule has 196 valence electrons. The SMILES string of the molecule is Cc1nc(NS(=O)(=O)c2cccc(F)c2Cl)ccc1/C=C/c1cnc(NC2CCC(N(C)C)CC2)nc1. The minimum absolute atomic E-state index is 0.105. The minimum Gasteiger partial charge on any atom is -0.351 e. The Labute approximate surface area is 222 Å². The zero-order valence-corrected chi connectivity index (χ0v) is 22.5. The van der Waals surface area contributed by atoms with E-state index in [0.717, 1.165) is 42.9 Å². The molecule has 11 heteroatoms. The second-order valence-electron chi connectivity index (χ2n) is 9.32. The van der Waals surface area contributed by atoms with Crippen molar-refractivity contribution in [3.8, 4) is 0 Å². The van der Waals surface area contributed by atoms with Gasteiger partial charge in [0.25, 0.3) is 10.0 Å². The average molecular weight is 545 g/mol. The largest absolute Gasteiger partial charge is 0.351 e. The van der Waals surface area contributed by atoms with E-state index in [1.807, 2.05) is 12.2 Å². The molecule has 2 heterocycles. The molecular formula is C26H30ClFN6O2S. The molecule has 0 radical (unpaired) electrons. The average Bonchev–Trinajstić information content (AvgIpc) is 2.86. The van der Waals surface area contributed by atoms with Gasteiger partial charge in [-0.3, -0.25) is 4.72 Å². The number of halogens is 2. The second-order valence-corrected chi connectivity index (χ2v) is 11.3. The Morgan fingerprint density at radius 2 is 1.76 bits per heavy atom. The number of aromatic nitrogens is 3. The van der Waals surface area contributed by atoms with E-state index in [9.17, 15) is 12.8 Å². The van der Waals surface area contributed by atoms with Gasteiger partial charge in [0.15, 0.2) is 0 Å². The number of benzene rings is 1. The van der Waals surface area contributed by atoms with E-state index in [1.165, 1.54) is 18.2 Å². The molecular weight excluding hydrogens is 515 g/mol. The molecule has 4 rings (SSSR count). The Hall–Kier alpha value is -3.08. The standard InChI is InChI=1S/C26H30ClFN6O2S/c1-17-19(9-14-24(31-17)33-37(35,36)23-6-4-5-22(28)25(23)27)8-7-18-15-29-26(30-16-18)32-20-10-12-21(13-11-20)34(2)3/h4-9,14-16,20-21H,10-13H2,1-3H3,(H,31,33)(H,29,30,32)/b8-7+. The molecule has 1 aliphatic carbocycles. The van der Waals surface area contributed by atoms with Crippen molar-refractivity contribution in [3.63, 3.8) is 0 Å². The summed E-state index contributed by atoms with van der Waals surface area (Å²) >= 11 is 5.83. The summed E-state index contributed by atoms with van der Waals surface area (Å²) in [5, 5.41) is 2.97. The number of hydrogen-bond donors (Lipinski definition) is 2. The van der Waals surface area contributed by atoms with Crippen molar-refractivity contribution in [3.05, 3.63) is 70.4 Å². The summed E-state index contributed by atoms with van der Waals surface area (Å²) in [5.41, 5.74) is 2.23. The summed E-state index contributed by atoms with van der Waals surface area (Å²) in [5.74, 6) is -0.0826. The van der Waals surface area contributed by atoms with E-state index in [1.54, 1.807) is 25.4 Å². The van der Waals surface area contributed by atoms with Gasteiger partial charge in [-0.25, -0.2) is 27.8 Å². The minimum atomic E-state index is -4.10. The molecule has 37 heavy (non-hydrogen) atoms. The number of anilines is 2. The quantitative estimate of drug-likeness (QED) is 0.400. The van der Waals surface area contributed by atoms with Crippen molar-refractivity contribution in [1.29, 1.82) is 0 Å². The Morgan fingerprint density at radius 3 is 2.41 bits per heavy atom. The van der Waals surface area contributed by atoms with E-state index in [4.69, 9.17) is 11.6 Å². The molecule has 8 nitrogen and oxygen atoms in total. The van der Waals surface area contributed by atoms with Crippen LogP contribution in [0, 0.1) is 12.7 Å². The lowest BCUT2D eigenvalue weighted by molar-refractivity contribution is 0.221. The molecule has 0 spiro atoms. The van der Waals surface area contributed by atoms with Crippen LogP contribution in [0.25, 0.3) is 12.2 Å². The van der Waals surface area contributed by atoms with Crippen LogP contribution in [0.15, 0.2) is 47.6 Å². The maximum atomic E-state index is 13.7. The van der Waals surface area contributed by atoms with Crippen LogP contribution in [0.2, 0.25) is 5.02 Å². The van der Waals surface area contributed by atoms with Gasteiger partial charge in [0.2, 0.25) is 5.95 Å².